The number of piperidine rings is 1. The molecule has 1 fully saturated rings. The number of hydrogen-bond donors (Lipinski definition) is 3. The Morgan fingerprint density at radius 1 is 1.30 bits per heavy atom. The van der Waals surface area contributed by atoms with Gasteiger partial charge in [-0.1, -0.05) is 17.7 Å². The Bertz CT molecular complexity index is 609. The second kappa shape index (κ2) is 10.8. The zero-order valence-corrected chi connectivity index (χ0v) is 16.9. The third-order valence-electron chi connectivity index (χ3n) is 4.71. The van der Waals surface area contributed by atoms with Crippen molar-refractivity contribution in [2.24, 2.45) is 4.99 Å². The fraction of sp³-hybridized carbons (Fsp3) is 0.600. The highest BCUT2D eigenvalue weighted by Crippen LogP contribution is 2.13. The summed E-state index contributed by atoms with van der Waals surface area (Å²) in [6, 6.07) is 8.45. The molecule has 27 heavy (non-hydrogen) atoms. The van der Waals surface area contributed by atoms with E-state index in [1.165, 1.54) is 5.56 Å². The van der Waals surface area contributed by atoms with E-state index in [0.29, 0.717) is 19.1 Å². The van der Waals surface area contributed by atoms with Crippen LogP contribution >= 0.6 is 0 Å². The first-order valence-corrected chi connectivity index (χ1v) is 9.63. The summed E-state index contributed by atoms with van der Waals surface area (Å²) in [5, 5.41) is 9.49. The van der Waals surface area contributed by atoms with Gasteiger partial charge in [0.15, 0.2) is 5.96 Å². The van der Waals surface area contributed by atoms with Gasteiger partial charge in [0.1, 0.15) is 11.9 Å². The summed E-state index contributed by atoms with van der Waals surface area (Å²) in [6.45, 7) is 7.07. The van der Waals surface area contributed by atoms with E-state index in [-0.39, 0.29) is 12.0 Å². The molecule has 0 radical (unpaired) electrons. The van der Waals surface area contributed by atoms with Gasteiger partial charge in [0.05, 0.1) is 13.1 Å². The maximum Gasteiger partial charge on any atom is 0.233 e. The highest BCUT2D eigenvalue weighted by atomic mass is 16.5. The lowest BCUT2D eigenvalue weighted by molar-refractivity contribution is -0.122. The van der Waals surface area contributed by atoms with E-state index >= 15 is 0 Å². The molecule has 1 amide bonds. The quantitative estimate of drug-likeness (QED) is 0.492. The smallest absolute Gasteiger partial charge is 0.233 e. The number of guanidine groups is 1. The lowest BCUT2D eigenvalue weighted by Gasteiger charge is -2.32. The molecule has 1 aliphatic rings. The number of ether oxygens (including phenoxy) is 1. The van der Waals surface area contributed by atoms with Crippen molar-refractivity contribution in [3.63, 3.8) is 0 Å². The molecular weight excluding hydrogens is 342 g/mol. The van der Waals surface area contributed by atoms with Gasteiger partial charge >= 0.3 is 0 Å². The molecule has 3 N–H and O–H groups in total. The zero-order chi connectivity index (χ0) is 19.6. The molecule has 1 aliphatic heterocycles. The molecule has 1 aromatic carbocycles. The van der Waals surface area contributed by atoms with Gasteiger partial charge in [0.2, 0.25) is 5.91 Å². The minimum absolute atomic E-state index is 0.0284. The Kier molecular flexibility index (Phi) is 8.39. The molecule has 7 nitrogen and oxygen atoms in total. The second-order valence-electron chi connectivity index (χ2n) is 7.06. The van der Waals surface area contributed by atoms with Crippen LogP contribution in [0.15, 0.2) is 29.3 Å². The zero-order valence-electron chi connectivity index (χ0n) is 16.9. The first-order valence-electron chi connectivity index (χ1n) is 9.63. The highest BCUT2D eigenvalue weighted by molar-refractivity contribution is 5.80. The van der Waals surface area contributed by atoms with Crippen molar-refractivity contribution < 1.29 is 9.53 Å². The Balaban J connectivity index is 1.70. The monoisotopic (exact) mass is 375 g/mol. The summed E-state index contributed by atoms with van der Waals surface area (Å²) in [4.78, 5) is 18.0. The minimum atomic E-state index is 0.0284. The SMILES string of the molecule is CN=C(NCC(C)Oc1ccc(C)cc1)NC1CCN(CC(=O)NC)CC1. The van der Waals surface area contributed by atoms with Gasteiger partial charge < -0.3 is 20.7 Å². The minimum Gasteiger partial charge on any atom is -0.489 e. The van der Waals surface area contributed by atoms with Crippen molar-refractivity contribution >= 4 is 11.9 Å². The predicted molar refractivity (Wildman–Crippen MR) is 109 cm³/mol. The number of carbonyl (C=O) groups is 1. The van der Waals surface area contributed by atoms with E-state index in [1.54, 1.807) is 14.1 Å². The van der Waals surface area contributed by atoms with E-state index in [1.807, 2.05) is 31.2 Å². The van der Waals surface area contributed by atoms with Gasteiger partial charge in [-0.25, -0.2) is 0 Å². The first kappa shape index (κ1) is 21.0. The van der Waals surface area contributed by atoms with E-state index in [2.05, 4.69) is 32.8 Å². The molecule has 150 valence electrons. The number of rotatable bonds is 7. The molecule has 0 aromatic heterocycles. The molecule has 0 saturated carbocycles. The first-order chi connectivity index (χ1) is 13.0. The molecule has 1 heterocycles. The van der Waals surface area contributed by atoms with Crippen LogP contribution in [-0.2, 0) is 4.79 Å². The van der Waals surface area contributed by atoms with Gasteiger partial charge in [-0.2, -0.15) is 0 Å². The van der Waals surface area contributed by atoms with Gasteiger partial charge in [0, 0.05) is 33.2 Å². The normalized spacial score (nSPS) is 17.3. The molecule has 7 heteroatoms. The molecule has 1 saturated heterocycles. The number of nitrogens with one attached hydrogen (secondary N) is 3. The Hall–Kier alpha value is -2.28. The van der Waals surface area contributed by atoms with Crippen LogP contribution in [0.1, 0.15) is 25.3 Å². The second-order valence-corrected chi connectivity index (χ2v) is 7.06. The fourth-order valence-electron chi connectivity index (χ4n) is 3.04. The largest absolute Gasteiger partial charge is 0.489 e. The topological polar surface area (TPSA) is 78.0 Å². The number of amides is 1. The lowest BCUT2D eigenvalue weighted by atomic mass is 10.1. The molecule has 2 rings (SSSR count). The van der Waals surface area contributed by atoms with Crippen molar-refractivity contribution in [2.45, 2.75) is 38.8 Å². The van der Waals surface area contributed by atoms with Crippen LogP contribution in [0.25, 0.3) is 0 Å². The highest BCUT2D eigenvalue weighted by Gasteiger charge is 2.21. The number of likely N-dealkylation sites (N-methyl/N-ethyl adjacent to an activating group) is 1. The number of benzene rings is 1. The number of aliphatic imine (C=N–C) groups is 1. The number of likely N-dealkylation sites (tertiary alicyclic amines) is 1. The molecule has 1 atom stereocenters. The maximum atomic E-state index is 11.5. The average Bonchev–Trinajstić information content (AvgIpc) is 2.68. The van der Waals surface area contributed by atoms with E-state index in [0.717, 1.165) is 37.6 Å². The summed E-state index contributed by atoms with van der Waals surface area (Å²) >= 11 is 0. The van der Waals surface area contributed by atoms with Crippen LogP contribution in [0.4, 0.5) is 0 Å². The molecule has 0 bridgehead atoms. The number of nitrogens with zero attached hydrogens (tertiary/aromatic N) is 2. The van der Waals surface area contributed by atoms with Crippen LogP contribution in [-0.4, -0.2) is 69.2 Å². The molecule has 1 unspecified atom stereocenters. The van der Waals surface area contributed by atoms with Crippen molar-refractivity contribution in [1.82, 2.24) is 20.9 Å². The van der Waals surface area contributed by atoms with E-state index in [4.69, 9.17) is 4.74 Å². The van der Waals surface area contributed by atoms with Crippen LogP contribution in [0.2, 0.25) is 0 Å². The number of carbonyl (C=O) groups excluding carboxylic acids is 1. The average molecular weight is 376 g/mol. The van der Waals surface area contributed by atoms with Crippen LogP contribution in [0.5, 0.6) is 5.75 Å². The van der Waals surface area contributed by atoms with Crippen molar-refractivity contribution in [1.29, 1.82) is 0 Å². The molecular formula is C20H33N5O2. The number of aryl methyl sites for hydroxylation is 1. The van der Waals surface area contributed by atoms with E-state index in [9.17, 15) is 4.79 Å². The lowest BCUT2D eigenvalue weighted by Crippen LogP contribution is -2.51. The van der Waals surface area contributed by atoms with Gasteiger partial charge in [-0.3, -0.25) is 14.7 Å². The molecule has 0 spiro atoms. The molecule has 1 aromatic rings. The maximum absolute atomic E-state index is 11.5. The van der Waals surface area contributed by atoms with Crippen molar-refractivity contribution in [2.75, 3.05) is 40.3 Å². The van der Waals surface area contributed by atoms with Gasteiger partial charge in [-0.15, -0.1) is 0 Å². The van der Waals surface area contributed by atoms with Crippen molar-refractivity contribution in [3.05, 3.63) is 29.8 Å². The summed E-state index contributed by atoms with van der Waals surface area (Å²) in [7, 11) is 3.46. The van der Waals surface area contributed by atoms with Crippen LogP contribution in [0, 0.1) is 6.92 Å². The van der Waals surface area contributed by atoms with Crippen molar-refractivity contribution in [3.8, 4) is 5.75 Å². The van der Waals surface area contributed by atoms with Gasteiger partial charge in [0.25, 0.3) is 0 Å². The summed E-state index contributed by atoms with van der Waals surface area (Å²) in [5.41, 5.74) is 1.22. The predicted octanol–water partition coefficient (Wildman–Crippen LogP) is 1.14. The summed E-state index contributed by atoms with van der Waals surface area (Å²) < 4.78 is 5.93. The fourth-order valence-corrected chi connectivity index (χ4v) is 3.04. The van der Waals surface area contributed by atoms with E-state index < -0.39 is 0 Å². The third-order valence-corrected chi connectivity index (χ3v) is 4.71. The third kappa shape index (κ3) is 7.46. The van der Waals surface area contributed by atoms with Crippen LogP contribution < -0.4 is 20.7 Å². The Morgan fingerprint density at radius 2 is 1.96 bits per heavy atom. The summed E-state index contributed by atoms with van der Waals surface area (Å²) in [6.07, 6.45) is 2.01. The summed E-state index contributed by atoms with van der Waals surface area (Å²) in [5.74, 6) is 1.74. The number of hydrogen-bond acceptors (Lipinski definition) is 4. The van der Waals surface area contributed by atoms with Gasteiger partial charge in [-0.05, 0) is 38.8 Å². The standard InChI is InChI=1S/C20H33N5O2/c1-15-5-7-18(8-6-15)27-16(2)13-23-20(22-4)24-17-9-11-25(12-10-17)14-19(26)21-3/h5-8,16-17H,9-14H2,1-4H3,(H,21,26)(H2,22,23,24). The Morgan fingerprint density at radius 3 is 2.56 bits per heavy atom. The molecule has 0 aliphatic carbocycles. The van der Waals surface area contributed by atoms with Crippen LogP contribution in [0.3, 0.4) is 0 Å². The Labute approximate surface area is 162 Å².